The molecule has 12 aromatic carbocycles. The molecule has 0 fully saturated rings. The van der Waals surface area contributed by atoms with Crippen LogP contribution < -0.4 is 0 Å². The molecular formula is C62H36O2. The Bertz CT molecular complexity index is 4190. The van der Waals surface area contributed by atoms with E-state index < -0.39 is 0 Å². The van der Waals surface area contributed by atoms with E-state index in [0.29, 0.717) is 0 Å². The molecule has 14 aromatic rings. The van der Waals surface area contributed by atoms with Crippen LogP contribution >= 0.6 is 0 Å². The normalized spacial score (nSPS) is 12.1. The van der Waals surface area contributed by atoms with Gasteiger partial charge in [0.1, 0.15) is 22.3 Å². The lowest BCUT2D eigenvalue weighted by molar-refractivity contribution is 0.664. The molecular weight excluding hydrogens is 777 g/mol. The third-order valence-corrected chi connectivity index (χ3v) is 13.7. The van der Waals surface area contributed by atoms with Crippen LogP contribution in [0, 0.1) is 0 Å². The Hall–Kier alpha value is -8.46. The van der Waals surface area contributed by atoms with Gasteiger partial charge in [-0.3, -0.25) is 0 Å². The Morgan fingerprint density at radius 2 is 0.531 bits per heavy atom. The van der Waals surface area contributed by atoms with Gasteiger partial charge in [0.15, 0.2) is 0 Å². The van der Waals surface area contributed by atoms with Crippen LogP contribution in [0.25, 0.3) is 142 Å². The monoisotopic (exact) mass is 812 g/mol. The van der Waals surface area contributed by atoms with Crippen LogP contribution in [0.3, 0.4) is 0 Å². The molecule has 0 aliphatic heterocycles. The summed E-state index contributed by atoms with van der Waals surface area (Å²) in [5, 5.41) is 17.0. The molecule has 2 heteroatoms. The second kappa shape index (κ2) is 13.5. The molecule has 2 nitrogen and oxygen atoms in total. The third kappa shape index (κ3) is 5.33. The maximum atomic E-state index is 6.53. The number of fused-ring (bicyclic) bond motifs is 15. The molecule has 296 valence electrons. The van der Waals surface area contributed by atoms with E-state index in [0.717, 1.165) is 55.0 Å². The van der Waals surface area contributed by atoms with Crippen LogP contribution in [0.5, 0.6) is 0 Å². The number of hydrogen-bond acceptors (Lipinski definition) is 2. The minimum Gasteiger partial charge on any atom is -0.456 e. The van der Waals surface area contributed by atoms with Gasteiger partial charge in [-0.25, -0.2) is 0 Å². The molecule has 0 atom stereocenters. The Balaban J connectivity index is 0.778. The van der Waals surface area contributed by atoms with E-state index in [4.69, 9.17) is 8.83 Å². The zero-order valence-corrected chi connectivity index (χ0v) is 34.6. The molecule has 0 bridgehead atoms. The summed E-state index contributed by atoms with van der Waals surface area (Å²) < 4.78 is 13.1. The molecule has 0 N–H and O–H groups in total. The largest absolute Gasteiger partial charge is 0.456 e. The van der Waals surface area contributed by atoms with Gasteiger partial charge in [0, 0.05) is 21.5 Å². The van der Waals surface area contributed by atoms with Crippen LogP contribution in [0.2, 0.25) is 0 Å². The maximum Gasteiger partial charge on any atom is 0.136 e. The lowest BCUT2D eigenvalue weighted by Crippen LogP contribution is -1.85. The van der Waals surface area contributed by atoms with E-state index in [1.165, 1.54) is 87.2 Å². The maximum absolute atomic E-state index is 6.53. The fourth-order valence-corrected chi connectivity index (χ4v) is 10.5. The van der Waals surface area contributed by atoms with Crippen molar-refractivity contribution >= 4 is 97.7 Å². The van der Waals surface area contributed by atoms with E-state index in [9.17, 15) is 0 Å². The Morgan fingerprint density at radius 1 is 0.188 bits per heavy atom. The second-order valence-corrected chi connectivity index (χ2v) is 17.2. The Kier molecular flexibility index (Phi) is 7.43. The predicted molar refractivity (Wildman–Crippen MR) is 270 cm³/mol. The standard InChI is InChI=1S/C62H36O2/c1-2-10-45-43(9-1)33-53(50-15-7-3-11-46(45)50)44-27-30-60-56(34-44)58-36-61-57(35-62(58)64-60)55-32-42(26-29-59(55)63-61)40-23-19-38(20-24-40)37-17-21-39(22-18-37)41-25-28-52-49-14-5-4-12-47(49)48-13-6-8-16-51(48)54(52)31-41/h1-36H. The number of hydrogen-bond donors (Lipinski definition) is 0. The van der Waals surface area contributed by atoms with Gasteiger partial charge >= 0.3 is 0 Å². The smallest absolute Gasteiger partial charge is 0.136 e. The van der Waals surface area contributed by atoms with Crippen molar-refractivity contribution in [2.45, 2.75) is 0 Å². The number of furan rings is 2. The van der Waals surface area contributed by atoms with Crippen LogP contribution in [-0.4, -0.2) is 0 Å². The first kappa shape index (κ1) is 35.2. The van der Waals surface area contributed by atoms with Crippen molar-refractivity contribution in [3.63, 3.8) is 0 Å². The molecule has 0 aliphatic carbocycles. The molecule has 0 aliphatic rings. The summed E-state index contributed by atoms with van der Waals surface area (Å²) in [6, 6.07) is 79.3. The first-order valence-corrected chi connectivity index (χ1v) is 22.0. The summed E-state index contributed by atoms with van der Waals surface area (Å²) in [6.07, 6.45) is 0. The van der Waals surface area contributed by atoms with Crippen molar-refractivity contribution in [3.05, 3.63) is 218 Å². The van der Waals surface area contributed by atoms with Gasteiger partial charge in [-0.15, -0.1) is 0 Å². The van der Waals surface area contributed by atoms with Gasteiger partial charge in [-0.1, -0.05) is 170 Å². The van der Waals surface area contributed by atoms with Crippen LogP contribution in [0.15, 0.2) is 227 Å². The van der Waals surface area contributed by atoms with Gasteiger partial charge in [-0.2, -0.15) is 0 Å². The summed E-state index contributed by atoms with van der Waals surface area (Å²) >= 11 is 0. The zero-order valence-electron chi connectivity index (χ0n) is 34.6. The van der Waals surface area contributed by atoms with Crippen molar-refractivity contribution in [1.82, 2.24) is 0 Å². The summed E-state index contributed by atoms with van der Waals surface area (Å²) in [6.45, 7) is 0. The van der Waals surface area contributed by atoms with Gasteiger partial charge in [0.2, 0.25) is 0 Å². The number of rotatable bonds is 4. The highest BCUT2D eigenvalue weighted by Crippen LogP contribution is 2.42. The summed E-state index contributed by atoms with van der Waals surface area (Å²) in [4.78, 5) is 0. The van der Waals surface area contributed by atoms with E-state index in [1.807, 2.05) is 0 Å². The molecule has 0 amide bonds. The quantitative estimate of drug-likeness (QED) is 0.166. The molecule has 0 spiro atoms. The van der Waals surface area contributed by atoms with Crippen molar-refractivity contribution in [2.75, 3.05) is 0 Å². The van der Waals surface area contributed by atoms with Crippen molar-refractivity contribution in [2.24, 2.45) is 0 Å². The minimum absolute atomic E-state index is 0.855. The van der Waals surface area contributed by atoms with Gasteiger partial charge in [0.25, 0.3) is 0 Å². The van der Waals surface area contributed by atoms with E-state index in [1.54, 1.807) is 0 Å². The molecule has 2 aromatic heterocycles. The van der Waals surface area contributed by atoms with Crippen molar-refractivity contribution in [3.8, 4) is 44.5 Å². The molecule has 14 rings (SSSR count). The highest BCUT2D eigenvalue weighted by Gasteiger charge is 2.17. The van der Waals surface area contributed by atoms with Gasteiger partial charge in [-0.05, 0) is 147 Å². The van der Waals surface area contributed by atoms with Crippen LogP contribution in [0.4, 0.5) is 0 Å². The van der Waals surface area contributed by atoms with Gasteiger partial charge in [0.05, 0.1) is 0 Å². The topological polar surface area (TPSA) is 26.3 Å². The summed E-state index contributed by atoms with van der Waals surface area (Å²) in [7, 11) is 0. The summed E-state index contributed by atoms with van der Waals surface area (Å²) in [5.74, 6) is 0. The number of benzene rings is 12. The fraction of sp³-hybridized carbons (Fsp3) is 0. The lowest BCUT2D eigenvalue weighted by Gasteiger charge is -2.12. The zero-order chi connectivity index (χ0) is 41.9. The highest BCUT2D eigenvalue weighted by atomic mass is 16.3. The summed E-state index contributed by atoms with van der Waals surface area (Å²) in [5.41, 5.74) is 12.9. The average Bonchev–Trinajstić information content (AvgIpc) is 3.91. The van der Waals surface area contributed by atoms with Crippen LogP contribution in [0.1, 0.15) is 0 Å². The second-order valence-electron chi connectivity index (χ2n) is 17.2. The average molecular weight is 813 g/mol. The molecule has 0 saturated carbocycles. The fourth-order valence-electron chi connectivity index (χ4n) is 10.5. The lowest BCUT2D eigenvalue weighted by atomic mass is 9.91. The van der Waals surface area contributed by atoms with Crippen molar-refractivity contribution in [1.29, 1.82) is 0 Å². The minimum atomic E-state index is 0.855. The first-order chi connectivity index (χ1) is 31.7. The molecule has 64 heavy (non-hydrogen) atoms. The molecule has 0 radical (unpaired) electrons. The van der Waals surface area contributed by atoms with E-state index in [2.05, 4.69) is 218 Å². The molecule has 0 unspecified atom stereocenters. The van der Waals surface area contributed by atoms with Crippen LogP contribution in [-0.2, 0) is 0 Å². The third-order valence-electron chi connectivity index (χ3n) is 13.7. The SMILES string of the molecule is c1ccc2c(c1)cc(-c1ccc3oc4cc5c(cc4c3c1)oc1ccc(-c3ccc(-c4ccc(-c6ccc7c8ccccc8c8ccccc8c7c6)cc4)cc3)cc15)c1ccccc12. The van der Waals surface area contributed by atoms with Gasteiger partial charge < -0.3 is 8.83 Å². The highest BCUT2D eigenvalue weighted by molar-refractivity contribution is 6.26. The van der Waals surface area contributed by atoms with E-state index in [-0.39, 0.29) is 0 Å². The van der Waals surface area contributed by atoms with E-state index >= 15 is 0 Å². The Labute approximate surface area is 367 Å². The molecule has 2 heterocycles. The Morgan fingerprint density at radius 3 is 1.08 bits per heavy atom. The van der Waals surface area contributed by atoms with Crippen molar-refractivity contribution < 1.29 is 8.83 Å². The molecule has 0 saturated heterocycles. The predicted octanol–water partition coefficient (Wildman–Crippen LogP) is 17.9. The first-order valence-electron chi connectivity index (χ1n) is 22.0.